The second-order valence-corrected chi connectivity index (χ2v) is 4.74. The van der Waals surface area contributed by atoms with Gasteiger partial charge in [-0.15, -0.1) is 11.3 Å². The molecule has 2 rings (SSSR count). The van der Waals surface area contributed by atoms with Gasteiger partial charge in [0.1, 0.15) is 5.69 Å². The van der Waals surface area contributed by atoms with Crippen molar-refractivity contribution in [1.82, 2.24) is 4.98 Å². The second-order valence-electron chi connectivity index (χ2n) is 3.03. The van der Waals surface area contributed by atoms with Crippen molar-refractivity contribution in [3.05, 3.63) is 34.3 Å². The van der Waals surface area contributed by atoms with Crippen molar-refractivity contribution >= 4 is 34.6 Å². The topological polar surface area (TPSA) is 76.2 Å². The summed E-state index contributed by atoms with van der Waals surface area (Å²) in [5.41, 5.74) is 6.41. The summed E-state index contributed by atoms with van der Waals surface area (Å²) < 4.78 is 0.608. The number of hydrogen-bond acceptors (Lipinski definition) is 4. The third kappa shape index (κ3) is 1.87. The normalized spacial score (nSPS) is 10.3. The molecule has 3 N–H and O–H groups in total. The third-order valence-corrected chi connectivity index (χ3v) is 3.27. The smallest absolute Gasteiger partial charge is 0.337 e. The zero-order valence-corrected chi connectivity index (χ0v) is 9.55. The van der Waals surface area contributed by atoms with Crippen molar-refractivity contribution in [1.29, 1.82) is 0 Å². The van der Waals surface area contributed by atoms with Crippen LogP contribution in [0.15, 0.2) is 24.4 Å². The van der Waals surface area contributed by atoms with Crippen molar-refractivity contribution < 1.29 is 9.90 Å². The van der Waals surface area contributed by atoms with Crippen molar-refractivity contribution in [2.24, 2.45) is 0 Å². The molecule has 16 heavy (non-hydrogen) atoms. The summed E-state index contributed by atoms with van der Waals surface area (Å²) in [5, 5.41) is 8.91. The Morgan fingerprint density at radius 1 is 1.44 bits per heavy atom. The number of aromatic carboxylic acids is 1. The highest BCUT2D eigenvalue weighted by Gasteiger charge is 2.14. The molecule has 2 aromatic heterocycles. The fourth-order valence-corrected chi connectivity index (χ4v) is 2.35. The number of nitrogens with zero attached hydrogens (tertiary/aromatic N) is 1. The minimum Gasteiger partial charge on any atom is -0.478 e. The van der Waals surface area contributed by atoms with Gasteiger partial charge in [0.2, 0.25) is 0 Å². The lowest BCUT2D eigenvalue weighted by molar-refractivity contribution is 0.0698. The lowest BCUT2D eigenvalue weighted by Gasteiger charge is -2.04. The van der Waals surface area contributed by atoms with Crippen molar-refractivity contribution in [2.45, 2.75) is 0 Å². The molecule has 82 valence electrons. The van der Waals surface area contributed by atoms with Gasteiger partial charge in [-0.3, -0.25) is 4.98 Å². The number of carbonyl (C=O) groups is 1. The van der Waals surface area contributed by atoms with Gasteiger partial charge in [-0.1, -0.05) is 11.6 Å². The maximum atomic E-state index is 10.9. The minimum atomic E-state index is -1.07. The van der Waals surface area contributed by atoms with Crippen LogP contribution >= 0.6 is 22.9 Å². The number of carboxylic acid groups (broad SMARTS) is 1. The number of aromatic nitrogens is 1. The lowest BCUT2D eigenvalue weighted by Crippen LogP contribution is -2.04. The molecule has 0 unspecified atom stereocenters. The molecule has 0 amide bonds. The van der Waals surface area contributed by atoms with E-state index in [4.69, 9.17) is 22.4 Å². The molecule has 2 heterocycles. The number of carboxylic acids is 1. The van der Waals surface area contributed by atoms with Crippen molar-refractivity contribution in [3.63, 3.8) is 0 Å². The highest BCUT2D eigenvalue weighted by atomic mass is 35.5. The fraction of sp³-hybridized carbons (Fsp3) is 0. The highest BCUT2D eigenvalue weighted by Crippen LogP contribution is 2.33. The number of halogens is 1. The van der Waals surface area contributed by atoms with Gasteiger partial charge in [-0.2, -0.15) is 0 Å². The van der Waals surface area contributed by atoms with Crippen LogP contribution in [0, 0.1) is 0 Å². The van der Waals surface area contributed by atoms with Crippen LogP contribution in [-0.4, -0.2) is 16.1 Å². The molecule has 0 bridgehead atoms. The van der Waals surface area contributed by atoms with Gasteiger partial charge in [0.25, 0.3) is 0 Å². The molecule has 0 aliphatic heterocycles. The Balaban J connectivity index is 2.58. The molecule has 0 saturated carbocycles. The van der Waals surface area contributed by atoms with Gasteiger partial charge in [0.15, 0.2) is 0 Å². The molecule has 0 spiro atoms. The summed E-state index contributed by atoms with van der Waals surface area (Å²) >= 11 is 7.10. The van der Waals surface area contributed by atoms with Crippen molar-refractivity contribution in [3.8, 4) is 10.6 Å². The highest BCUT2D eigenvalue weighted by molar-refractivity contribution is 7.19. The first-order valence-electron chi connectivity index (χ1n) is 4.33. The van der Waals surface area contributed by atoms with Gasteiger partial charge in [0, 0.05) is 6.20 Å². The second kappa shape index (κ2) is 4.11. The Hall–Kier alpha value is -1.59. The Labute approximate surface area is 100 Å². The van der Waals surface area contributed by atoms with Gasteiger partial charge in [-0.05, 0) is 18.2 Å². The zero-order chi connectivity index (χ0) is 11.7. The number of rotatable bonds is 2. The predicted octanol–water partition coefficient (Wildman–Crippen LogP) is 2.74. The van der Waals surface area contributed by atoms with Crippen LogP contribution in [0.25, 0.3) is 10.6 Å². The van der Waals surface area contributed by atoms with Gasteiger partial charge < -0.3 is 10.8 Å². The zero-order valence-electron chi connectivity index (χ0n) is 7.98. The fourth-order valence-electron chi connectivity index (χ4n) is 1.30. The molecule has 4 nitrogen and oxygen atoms in total. The average Bonchev–Trinajstić information content (AvgIpc) is 2.64. The first kappa shape index (κ1) is 10.9. The maximum Gasteiger partial charge on any atom is 0.337 e. The number of hydrogen-bond donors (Lipinski definition) is 2. The molecule has 0 aliphatic carbocycles. The molecular formula is C10H7ClN2O2S. The number of nitrogens with two attached hydrogens (primary N) is 1. The quantitative estimate of drug-likeness (QED) is 0.864. The first-order chi connectivity index (χ1) is 7.59. The Bertz CT molecular complexity index is 554. The minimum absolute atomic E-state index is 0.0505. The number of anilines is 1. The van der Waals surface area contributed by atoms with E-state index >= 15 is 0 Å². The van der Waals surface area contributed by atoms with E-state index in [9.17, 15) is 4.79 Å². The van der Waals surface area contributed by atoms with E-state index < -0.39 is 5.97 Å². The summed E-state index contributed by atoms with van der Waals surface area (Å²) in [7, 11) is 0. The standard InChI is InChI=1S/C10H7ClN2O2S/c11-7-2-1-6(16-7)9-8(12)5(10(14)15)3-4-13-9/h1-4H,12H2,(H,14,15). The summed E-state index contributed by atoms with van der Waals surface area (Å²) in [6.07, 6.45) is 1.42. The molecule has 0 aromatic carbocycles. The van der Waals surface area contributed by atoms with Crippen LogP contribution in [0.3, 0.4) is 0 Å². The molecule has 0 fully saturated rings. The third-order valence-electron chi connectivity index (χ3n) is 2.03. The Kier molecular flexibility index (Phi) is 2.80. The monoisotopic (exact) mass is 254 g/mol. The summed E-state index contributed by atoms with van der Waals surface area (Å²) in [4.78, 5) is 15.7. The number of thiophene rings is 1. The Morgan fingerprint density at radius 3 is 2.75 bits per heavy atom. The molecule has 0 saturated heterocycles. The van der Waals surface area contributed by atoms with Gasteiger partial charge in [0.05, 0.1) is 20.5 Å². The predicted molar refractivity (Wildman–Crippen MR) is 63.9 cm³/mol. The van der Waals surface area contributed by atoms with Crippen LogP contribution in [0.4, 0.5) is 5.69 Å². The van der Waals surface area contributed by atoms with Gasteiger partial charge >= 0.3 is 5.97 Å². The van der Waals surface area contributed by atoms with E-state index in [0.29, 0.717) is 10.0 Å². The molecule has 0 atom stereocenters. The van der Waals surface area contributed by atoms with Crippen LogP contribution < -0.4 is 5.73 Å². The SMILES string of the molecule is Nc1c(C(=O)O)ccnc1-c1ccc(Cl)s1. The average molecular weight is 255 g/mol. The van der Waals surface area contributed by atoms with E-state index in [1.54, 1.807) is 12.1 Å². The summed E-state index contributed by atoms with van der Waals surface area (Å²) in [5.74, 6) is -1.07. The van der Waals surface area contributed by atoms with E-state index in [2.05, 4.69) is 4.98 Å². The van der Waals surface area contributed by atoms with Crippen LogP contribution in [0.5, 0.6) is 0 Å². The van der Waals surface area contributed by atoms with E-state index in [1.807, 2.05) is 0 Å². The van der Waals surface area contributed by atoms with Crippen molar-refractivity contribution in [2.75, 3.05) is 5.73 Å². The first-order valence-corrected chi connectivity index (χ1v) is 5.52. The molecule has 0 aliphatic rings. The van der Waals surface area contributed by atoms with E-state index in [1.165, 1.54) is 23.6 Å². The van der Waals surface area contributed by atoms with E-state index in [-0.39, 0.29) is 11.3 Å². The maximum absolute atomic E-state index is 10.9. The largest absolute Gasteiger partial charge is 0.478 e. The summed E-state index contributed by atoms with van der Waals surface area (Å²) in [6.45, 7) is 0. The van der Waals surface area contributed by atoms with E-state index in [0.717, 1.165) is 4.88 Å². The van der Waals surface area contributed by atoms with Crippen LogP contribution in [0.2, 0.25) is 4.34 Å². The molecule has 2 aromatic rings. The van der Waals surface area contributed by atoms with Crippen LogP contribution in [-0.2, 0) is 0 Å². The van der Waals surface area contributed by atoms with Crippen LogP contribution in [0.1, 0.15) is 10.4 Å². The lowest BCUT2D eigenvalue weighted by atomic mass is 10.1. The number of nitrogen functional groups attached to an aromatic ring is 1. The summed E-state index contributed by atoms with van der Waals surface area (Å²) in [6, 6.07) is 4.85. The molecule has 0 radical (unpaired) electrons. The van der Waals surface area contributed by atoms with Gasteiger partial charge in [-0.25, -0.2) is 4.79 Å². The molecular weight excluding hydrogens is 248 g/mol. The number of pyridine rings is 1. The Morgan fingerprint density at radius 2 is 2.19 bits per heavy atom. The molecule has 6 heteroatoms.